The molecule has 6 rings (SSSR count). The molecule has 0 amide bonds. The Kier molecular flexibility index (Phi) is 5.52. The molecule has 3 heterocycles. The van der Waals surface area contributed by atoms with Crippen LogP contribution < -0.4 is 15.9 Å². The molecule has 35 heavy (non-hydrogen) atoms. The molecule has 4 atom stereocenters. The number of hydrogen-bond donors (Lipinski definition) is 1. The third-order valence-electron chi connectivity index (χ3n) is 9.18. The second-order valence-corrected chi connectivity index (χ2v) is 15.5. The van der Waals surface area contributed by atoms with Crippen molar-refractivity contribution in [2.75, 3.05) is 20.3 Å². The zero-order valence-electron chi connectivity index (χ0n) is 21.5. The number of rotatable bonds is 5. The number of hydrogen-bond acceptors (Lipinski definition) is 5. The molecule has 184 valence electrons. The van der Waals surface area contributed by atoms with Gasteiger partial charge >= 0.3 is 210 Å². The van der Waals surface area contributed by atoms with E-state index in [1.807, 2.05) is 6.20 Å². The quantitative estimate of drug-likeness (QED) is 0.640. The predicted octanol–water partition coefficient (Wildman–Crippen LogP) is 4.27. The summed E-state index contributed by atoms with van der Waals surface area (Å²) in [6, 6.07) is 16.9. The first-order valence-electron chi connectivity index (χ1n) is 12.9. The number of hydrazone groups is 1. The summed E-state index contributed by atoms with van der Waals surface area (Å²) in [5.74, 6) is 0. The number of benzene rings is 2. The van der Waals surface area contributed by atoms with E-state index in [2.05, 4.69) is 91.4 Å². The molecule has 1 fully saturated rings. The van der Waals surface area contributed by atoms with Crippen LogP contribution in [0.5, 0.6) is 0 Å². The average molecular weight is 489 g/mol. The monoisotopic (exact) mass is 488 g/mol. The molecule has 3 aliphatic heterocycles. The first-order valence-corrected chi connectivity index (χ1v) is 15.4. The summed E-state index contributed by atoms with van der Waals surface area (Å²) < 4.78 is 5.53. The Morgan fingerprint density at radius 3 is 2.83 bits per heavy atom. The molecule has 1 aliphatic carbocycles. The molecule has 0 bridgehead atoms. The molecular weight excluding hydrogens is 451 g/mol. The van der Waals surface area contributed by atoms with Crippen LogP contribution in [0.1, 0.15) is 45.6 Å². The molecule has 3 unspecified atom stereocenters. The van der Waals surface area contributed by atoms with E-state index < -0.39 is 7.26 Å². The number of aliphatic imine (C=N–C) groups is 1. The van der Waals surface area contributed by atoms with Gasteiger partial charge in [-0.3, -0.25) is 0 Å². The summed E-state index contributed by atoms with van der Waals surface area (Å²) >= 11 is 0. The van der Waals surface area contributed by atoms with Gasteiger partial charge in [0.15, 0.2) is 0 Å². The number of fused-ring (bicyclic) bond motifs is 5. The van der Waals surface area contributed by atoms with E-state index in [9.17, 15) is 0 Å². The Bertz CT molecular complexity index is 1270. The van der Waals surface area contributed by atoms with E-state index in [-0.39, 0.29) is 6.23 Å². The average Bonchev–Trinajstić information content (AvgIpc) is 3.26. The van der Waals surface area contributed by atoms with Crippen LogP contribution in [-0.2, 0) is 4.74 Å². The number of nitrogens with one attached hydrogen (secondary N) is 1. The van der Waals surface area contributed by atoms with Gasteiger partial charge in [0.25, 0.3) is 0 Å². The van der Waals surface area contributed by atoms with Gasteiger partial charge in [-0.15, -0.1) is 0 Å². The summed E-state index contributed by atoms with van der Waals surface area (Å²) in [6.45, 7) is 10.1. The van der Waals surface area contributed by atoms with Crippen molar-refractivity contribution in [1.29, 1.82) is 0 Å². The van der Waals surface area contributed by atoms with E-state index in [4.69, 9.17) is 9.73 Å². The van der Waals surface area contributed by atoms with Gasteiger partial charge in [-0.1, -0.05) is 0 Å². The second-order valence-electron chi connectivity index (χ2n) is 11.1. The van der Waals surface area contributed by atoms with E-state index in [0.29, 0.717) is 17.2 Å². The van der Waals surface area contributed by atoms with Gasteiger partial charge in [-0.25, -0.2) is 0 Å². The van der Waals surface area contributed by atoms with E-state index in [0.717, 1.165) is 19.4 Å². The van der Waals surface area contributed by atoms with Crippen LogP contribution in [0.3, 0.4) is 0 Å². The SMILES string of the molecule is COC(C)N1N=C(C)CC1C/C=C\N=C1/CNC2C[C@]2(C)[PH]2(C)c3ccccc3-c3cccc1c32. The fraction of sp³-hybridized carbons (Fsp3) is 0.448. The molecule has 4 aliphatic rings. The van der Waals surface area contributed by atoms with Crippen molar-refractivity contribution in [3.63, 3.8) is 0 Å². The molecule has 2 aromatic rings. The predicted molar refractivity (Wildman–Crippen MR) is 150 cm³/mol. The molecule has 0 aromatic heterocycles. The third-order valence-corrected chi connectivity index (χ3v) is 15.1. The Balaban J connectivity index is 1.34. The van der Waals surface area contributed by atoms with E-state index in [1.165, 1.54) is 34.5 Å². The maximum absolute atomic E-state index is 5.53. The van der Waals surface area contributed by atoms with E-state index >= 15 is 0 Å². The van der Waals surface area contributed by atoms with Crippen molar-refractivity contribution in [2.24, 2.45) is 10.1 Å². The Hall–Kier alpha value is -2.33. The molecule has 0 spiro atoms. The van der Waals surface area contributed by atoms with Gasteiger partial charge < -0.3 is 0 Å². The molecular formula is C29H37N4OP. The van der Waals surface area contributed by atoms with Crippen molar-refractivity contribution in [1.82, 2.24) is 10.3 Å². The standard InChI is InChI=1S/C29H37N4OP/c1-19-16-21(33(32-19)20(2)34-4)10-9-15-30-25-18-31-27-17-29(27,3)35(5)26-14-7-6-11-22(26)23-12-8-13-24(25)28(23)35/h6-9,11-15,20-21,27,31,35H,10,16-18H2,1-5H3/b15-9-,30-25+/t20?,21?,27?,29-/m0/s1. The summed E-state index contributed by atoms with van der Waals surface area (Å²) in [5.41, 5.74) is 6.58. The number of methoxy groups -OCH3 is 1. The fourth-order valence-corrected chi connectivity index (χ4v) is 12.5. The van der Waals surface area contributed by atoms with Gasteiger partial charge in [-0.05, 0) is 0 Å². The Labute approximate surface area is 209 Å². The molecule has 1 N–H and O–H groups in total. The first-order chi connectivity index (χ1) is 16.9. The van der Waals surface area contributed by atoms with Gasteiger partial charge in [0.05, 0.1) is 0 Å². The van der Waals surface area contributed by atoms with Crippen LogP contribution in [0.4, 0.5) is 0 Å². The molecule has 5 nitrogen and oxygen atoms in total. The van der Waals surface area contributed by atoms with Gasteiger partial charge in [-0.2, -0.15) is 0 Å². The van der Waals surface area contributed by atoms with Crippen molar-refractivity contribution in [3.05, 3.63) is 60.3 Å². The van der Waals surface area contributed by atoms with Gasteiger partial charge in [0.1, 0.15) is 0 Å². The van der Waals surface area contributed by atoms with Crippen molar-refractivity contribution < 1.29 is 4.74 Å². The third kappa shape index (κ3) is 3.39. The Morgan fingerprint density at radius 1 is 1.23 bits per heavy atom. The topological polar surface area (TPSA) is 49.2 Å². The van der Waals surface area contributed by atoms with Crippen LogP contribution in [0.25, 0.3) is 11.1 Å². The van der Waals surface area contributed by atoms with Gasteiger partial charge in [0, 0.05) is 0 Å². The first kappa shape index (κ1) is 23.1. The van der Waals surface area contributed by atoms with Crippen LogP contribution >= 0.6 is 7.26 Å². The van der Waals surface area contributed by atoms with Crippen LogP contribution in [0.15, 0.2) is 64.8 Å². The molecule has 0 radical (unpaired) electrons. The van der Waals surface area contributed by atoms with Crippen LogP contribution in [0, 0.1) is 0 Å². The number of ether oxygens (including phenoxy) is 1. The molecule has 2 aromatic carbocycles. The van der Waals surface area contributed by atoms with Crippen molar-refractivity contribution in [3.8, 4) is 11.1 Å². The van der Waals surface area contributed by atoms with Crippen LogP contribution in [-0.4, -0.2) is 60.2 Å². The van der Waals surface area contributed by atoms with Crippen LogP contribution in [0.2, 0.25) is 0 Å². The molecule has 0 saturated heterocycles. The summed E-state index contributed by atoms with van der Waals surface area (Å²) in [4.78, 5) is 5.08. The number of nitrogens with zero attached hydrogens (tertiary/aromatic N) is 3. The molecule has 1 saturated carbocycles. The Morgan fingerprint density at radius 2 is 2.00 bits per heavy atom. The van der Waals surface area contributed by atoms with Crippen molar-refractivity contribution in [2.45, 2.75) is 63.5 Å². The van der Waals surface area contributed by atoms with Gasteiger partial charge in [0.2, 0.25) is 0 Å². The fourth-order valence-electron chi connectivity index (χ4n) is 6.88. The molecule has 6 heteroatoms. The summed E-state index contributed by atoms with van der Waals surface area (Å²) in [6.07, 6.45) is 7.35. The maximum atomic E-state index is 5.53. The second kappa shape index (κ2) is 8.37. The van der Waals surface area contributed by atoms with E-state index in [1.54, 1.807) is 17.7 Å². The summed E-state index contributed by atoms with van der Waals surface area (Å²) in [7, 11) is -0.200. The minimum atomic E-state index is -1.94. The zero-order valence-corrected chi connectivity index (χ0v) is 22.5. The normalized spacial score (nSPS) is 30.8. The minimum absolute atomic E-state index is 0.0176. The zero-order chi connectivity index (χ0) is 24.4. The summed E-state index contributed by atoms with van der Waals surface area (Å²) in [5, 5.41) is 14.2. The van der Waals surface area contributed by atoms with Crippen molar-refractivity contribution >= 4 is 29.3 Å².